The van der Waals surface area contributed by atoms with Crippen LogP contribution in [0.25, 0.3) is 0 Å². The van der Waals surface area contributed by atoms with Crippen molar-refractivity contribution < 1.29 is 4.79 Å². The molecule has 1 saturated carbocycles. The first-order valence-corrected chi connectivity index (χ1v) is 8.34. The lowest BCUT2D eigenvalue weighted by atomic mass is 9.81. The Labute approximate surface area is 122 Å². The van der Waals surface area contributed by atoms with Gasteiger partial charge in [0.1, 0.15) is 5.78 Å². The number of carbonyl (C=O) groups excluding carboxylic acids is 1. The molecule has 1 fully saturated rings. The number of hydrogen-bond acceptors (Lipinski definition) is 2. The topological polar surface area (TPSA) is 17.1 Å². The minimum absolute atomic E-state index is 0.316. The fraction of sp³-hybridized carbons (Fsp3) is 0.533. The van der Waals surface area contributed by atoms with Crippen molar-refractivity contribution in [2.75, 3.05) is 5.75 Å². The van der Waals surface area contributed by atoms with Crippen molar-refractivity contribution in [1.29, 1.82) is 0 Å². The van der Waals surface area contributed by atoms with Crippen LogP contribution < -0.4 is 0 Å². The molecule has 0 heterocycles. The summed E-state index contributed by atoms with van der Waals surface area (Å²) in [6.45, 7) is 2.27. The van der Waals surface area contributed by atoms with Crippen molar-refractivity contribution in [2.45, 2.75) is 37.5 Å². The van der Waals surface area contributed by atoms with Crippen LogP contribution in [0.5, 0.6) is 0 Å². The number of carbonyl (C=O) groups is 1. The Morgan fingerprint density at radius 1 is 1.33 bits per heavy atom. The van der Waals surface area contributed by atoms with Gasteiger partial charge in [0.05, 0.1) is 5.75 Å². The minimum Gasteiger partial charge on any atom is -0.298 e. The van der Waals surface area contributed by atoms with Gasteiger partial charge in [0, 0.05) is 15.3 Å². The summed E-state index contributed by atoms with van der Waals surface area (Å²) in [4.78, 5) is 13.3. The van der Waals surface area contributed by atoms with E-state index in [4.69, 9.17) is 0 Å². The van der Waals surface area contributed by atoms with Gasteiger partial charge in [0.15, 0.2) is 0 Å². The number of hydrogen-bond donors (Lipinski definition) is 0. The Balaban J connectivity index is 1.82. The predicted octanol–water partition coefficient (Wildman–Crippen LogP) is 4.94. The third-order valence-corrected chi connectivity index (χ3v) is 5.15. The van der Waals surface area contributed by atoms with Crippen LogP contribution in [0.4, 0.5) is 0 Å². The highest BCUT2D eigenvalue weighted by atomic mass is 79.9. The van der Waals surface area contributed by atoms with E-state index in [2.05, 4.69) is 35.0 Å². The number of Topliss-reactive ketones (excluding diaryl/α,β-unsaturated/α-hetero) is 1. The van der Waals surface area contributed by atoms with E-state index in [1.54, 1.807) is 11.8 Å². The summed E-state index contributed by atoms with van der Waals surface area (Å²) in [6, 6.07) is 8.17. The quantitative estimate of drug-likeness (QED) is 0.729. The van der Waals surface area contributed by atoms with Crippen LogP contribution in [0.3, 0.4) is 0 Å². The normalized spacial score (nSPS) is 23.9. The van der Waals surface area contributed by atoms with E-state index in [1.165, 1.54) is 17.7 Å². The van der Waals surface area contributed by atoms with Crippen LogP contribution in [0.1, 0.15) is 32.6 Å². The van der Waals surface area contributed by atoms with Gasteiger partial charge in [-0.1, -0.05) is 35.7 Å². The van der Waals surface area contributed by atoms with Crippen molar-refractivity contribution >= 4 is 33.5 Å². The van der Waals surface area contributed by atoms with Crippen molar-refractivity contribution in [3.8, 4) is 0 Å². The number of halogens is 1. The van der Waals surface area contributed by atoms with Gasteiger partial charge in [-0.25, -0.2) is 0 Å². The highest BCUT2D eigenvalue weighted by molar-refractivity contribution is 9.10. The van der Waals surface area contributed by atoms with Crippen LogP contribution in [0.2, 0.25) is 0 Å². The first-order chi connectivity index (χ1) is 8.65. The maximum Gasteiger partial charge on any atom is 0.146 e. The second-order valence-corrected chi connectivity index (χ2v) is 7.14. The third-order valence-electron chi connectivity index (χ3n) is 3.59. The fourth-order valence-electron chi connectivity index (χ4n) is 2.53. The molecular formula is C15H19BrOS. The first kappa shape index (κ1) is 14.1. The van der Waals surface area contributed by atoms with Crippen LogP contribution in [0, 0.1) is 11.8 Å². The Morgan fingerprint density at radius 3 is 2.72 bits per heavy atom. The molecule has 1 nitrogen and oxygen atoms in total. The Morgan fingerprint density at radius 2 is 2.06 bits per heavy atom. The summed E-state index contributed by atoms with van der Waals surface area (Å²) in [5.74, 6) is 2.11. The molecule has 1 aromatic carbocycles. The summed E-state index contributed by atoms with van der Waals surface area (Å²) in [5, 5.41) is 0. The molecule has 0 bridgehead atoms. The van der Waals surface area contributed by atoms with Gasteiger partial charge in [-0.3, -0.25) is 4.79 Å². The van der Waals surface area contributed by atoms with E-state index in [-0.39, 0.29) is 0 Å². The first-order valence-electron chi connectivity index (χ1n) is 6.56. The van der Waals surface area contributed by atoms with Crippen LogP contribution in [-0.4, -0.2) is 11.5 Å². The molecule has 0 spiro atoms. The van der Waals surface area contributed by atoms with Gasteiger partial charge >= 0.3 is 0 Å². The Bertz CT molecular complexity index is 401. The summed E-state index contributed by atoms with van der Waals surface area (Å²) >= 11 is 5.08. The standard InChI is InChI=1S/C15H19BrOS/c1-11-3-2-4-12(9-11)15(17)10-18-14-7-5-13(16)6-8-14/h5-8,11-12H,2-4,9-10H2,1H3. The molecule has 0 saturated heterocycles. The monoisotopic (exact) mass is 326 g/mol. The van der Waals surface area contributed by atoms with Gasteiger partial charge in [-0.05, 0) is 43.0 Å². The number of ketones is 1. The summed E-state index contributed by atoms with van der Waals surface area (Å²) < 4.78 is 1.08. The van der Waals surface area contributed by atoms with E-state index >= 15 is 0 Å². The fourth-order valence-corrected chi connectivity index (χ4v) is 3.67. The molecule has 0 amide bonds. The van der Waals surface area contributed by atoms with Crippen LogP contribution in [-0.2, 0) is 4.79 Å². The van der Waals surface area contributed by atoms with Crippen LogP contribution in [0.15, 0.2) is 33.6 Å². The van der Waals surface area contributed by atoms with Crippen molar-refractivity contribution in [1.82, 2.24) is 0 Å². The van der Waals surface area contributed by atoms with Crippen LogP contribution >= 0.6 is 27.7 Å². The number of thioether (sulfide) groups is 1. The van der Waals surface area contributed by atoms with E-state index in [9.17, 15) is 4.79 Å². The summed E-state index contributed by atoms with van der Waals surface area (Å²) in [6.07, 6.45) is 4.72. The largest absolute Gasteiger partial charge is 0.298 e. The zero-order valence-electron chi connectivity index (χ0n) is 10.7. The van der Waals surface area contributed by atoms with Gasteiger partial charge in [0.2, 0.25) is 0 Å². The molecule has 1 aliphatic rings. The molecule has 0 aliphatic heterocycles. The van der Waals surface area contributed by atoms with E-state index < -0.39 is 0 Å². The second kappa shape index (κ2) is 6.76. The molecule has 0 N–H and O–H groups in total. The summed E-state index contributed by atoms with van der Waals surface area (Å²) in [5.41, 5.74) is 0. The zero-order valence-corrected chi connectivity index (χ0v) is 13.1. The molecule has 2 unspecified atom stereocenters. The van der Waals surface area contributed by atoms with Gasteiger partial charge in [-0.15, -0.1) is 11.8 Å². The van der Waals surface area contributed by atoms with E-state index in [0.29, 0.717) is 17.5 Å². The summed E-state index contributed by atoms with van der Waals surface area (Å²) in [7, 11) is 0. The zero-order chi connectivity index (χ0) is 13.0. The highest BCUT2D eigenvalue weighted by Gasteiger charge is 2.24. The van der Waals surface area contributed by atoms with E-state index in [1.807, 2.05) is 12.1 Å². The lowest BCUT2D eigenvalue weighted by molar-refractivity contribution is -0.121. The maximum absolute atomic E-state index is 12.2. The lowest BCUT2D eigenvalue weighted by Gasteiger charge is -2.25. The van der Waals surface area contributed by atoms with E-state index in [0.717, 1.165) is 23.2 Å². The number of rotatable bonds is 4. The molecule has 1 aliphatic carbocycles. The smallest absolute Gasteiger partial charge is 0.146 e. The highest BCUT2D eigenvalue weighted by Crippen LogP contribution is 2.31. The average Bonchev–Trinajstić information content (AvgIpc) is 2.38. The molecular weight excluding hydrogens is 308 g/mol. The number of benzene rings is 1. The van der Waals surface area contributed by atoms with Gasteiger partial charge in [0.25, 0.3) is 0 Å². The lowest BCUT2D eigenvalue weighted by Crippen LogP contribution is -2.23. The average molecular weight is 327 g/mol. The minimum atomic E-state index is 0.316. The second-order valence-electron chi connectivity index (χ2n) is 5.18. The van der Waals surface area contributed by atoms with Crippen molar-refractivity contribution in [2.24, 2.45) is 11.8 Å². The Kier molecular flexibility index (Phi) is 5.31. The molecule has 98 valence electrons. The molecule has 1 aromatic rings. The van der Waals surface area contributed by atoms with Gasteiger partial charge in [-0.2, -0.15) is 0 Å². The molecule has 18 heavy (non-hydrogen) atoms. The SMILES string of the molecule is CC1CCCC(C(=O)CSc2ccc(Br)cc2)C1. The molecule has 2 rings (SSSR count). The molecule has 0 aromatic heterocycles. The maximum atomic E-state index is 12.2. The Hall–Kier alpha value is -0.280. The van der Waals surface area contributed by atoms with Crippen molar-refractivity contribution in [3.05, 3.63) is 28.7 Å². The molecule has 2 atom stereocenters. The predicted molar refractivity (Wildman–Crippen MR) is 81.0 cm³/mol. The molecule has 0 radical (unpaired) electrons. The molecule has 3 heteroatoms. The van der Waals surface area contributed by atoms with Crippen molar-refractivity contribution in [3.63, 3.8) is 0 Å². The van der Waals surface area contributed by atoms with Gasteiger partial charge < -0.3 is 0 Å². The third kappa shape index (κ3) is 4.13.